The van der Waals surface area contributed by atoms with Crippen LogP contribution in [-0.4, -0.2) is 26.6 Å². The summed E-state index contributed by atoms with van der Waals surface area (Å²) < 4.78 is 24.5. The summed E-state index contributed by atoms with van der Waals surface area (Å²) in [6, 6.07) is 11.5. The van der Waals surface area contributed by atoms with Crippen LogP contribution in [0.25, 0.3) is 0 Å². The van der Waals surface area contributed by atoms with Crippen molar-refractivity contribution in [3.05, 3.63) is 63.6 Å². The second-order valence-electron chi connectivity index (χ2n) is 5.35. The van der Waals surface area contributed by atoms with E-state index in [4.69, 9.17) is 23.2 Å². The molecule has 0 aromatic heterocycles. The van der Waals surface area contributed by atoms with Gasteiger partial charge in [-0.15, -0.1) is 0 Å². The third-order valence-corrected chi connectivity index (χ3v) is 6.11. The number of anilines is 1. The number of nitrogens with zero attached hydrogens (tertiary/aromatic N) is 1. The van der Waals surface area contributed by atoms with E-state index in [0.29, 0.717) is 27.8 Å². The molecule has 0 aliphatic carbocycles. The zero-order valence-corrected chi connectivity index (χ0v) is 14.8. The van der Waals surface area contributed by atoms with Crippen LogP contribution in [0.3, 0.4) is 0 Å². The number of rotatable bonds is 4. The van der Waals surface area contributed by atoms with Gasteiger partial charge in [-0.3, -0.25) is 9.10 Å². The fraction of sp³-hybridized carbons (Fsp3) is 0.188. The summed E-state index contributed by atoms with van der Waals surface area (Å²) in [4.78, 5) is 12.2. The van der Waals surface area contributed by atoms with Crippen molar-refractivity contribution < 1.29 is 13.2 Å². The predicted octanol–water partition coefficient (Wildman–Crippen LogP) is 3.07. The molecular formula is C16H14Cl2N2O3S. The average Bonchev–Trinajstić information content (AvgIpc) is 2.53. The Hall–Kier alpha value is -1.76. The number of carbonyl (C=O) groups excluding carboxylic acids is 1. The first-order chi connectivity index (χ1) is 11.4. The number of halogens is 2. The number of hydrogen-bond acceptors (Lipinski definition) is 3. The van der Waals surface area contributed by atoms with Crippen molar-refractivity contribution in [2.75, 3.05) is 16.6 Å². The van der Waals surface area contributed by atoms with E-state index >= 15 is 0 Å². The van der Waals surface area contributed by atoms with E-state index in [1.807, 2.05) is 0 Å². The molecule has 0 spiro atoms. The van der Waals surface area contributed by atoms with Gasteiger partial charge in [-0.25, -0.2) is 8.42 Å². The Morgan fingerprint density at radius 2 is 1.83 bits per heavy atom. The van der Waals surface area contributed by atoms with Crippen LogP contribution in [0.5, 0.6) is 0 Å². The van der Waals surface area contributed by atoms with Crippen LogP contribution in [0.2, 0.25) is 10.0 Å². The van der Waals surface area contributed by atoms with Gasteiger partial charge in [0.05, 0.1) is 11.4 Å². The Balaban J connectivity index is 1.65. The number of sulfonamides is 1. The average molecular weight is 385 g/mol. The molecule has 1 N–H and O–H groups in total. The third-order valence-electron chi connectivity index (χ3n) is 3.76. The Labute approximate surface area is 150 Å². The number of amides is 1. The highest BCUT2D eigenvalue weighted by Gasteiger charge is 2.32. The van der Waals surface area contributed by atoms with Gasteiger partial charge in [0.2, 0.25) is 10.0 Å². The minimum Gasteiger partial charge on any atom is -0.348 e. The van der Waals surface area contributed by atoms with Gasteiger partial charge in [0.25, 0.3) is 5.91 Å². The lowest BCUT2D eigenvalue weighted by Gasteiger charge is -2.32. The summed E-state index contributed by atoms with van der Waals surface area (Å²) >= 11 is 11.9. The second-order valence-corrected chi connectivity index (χ2v) is 8.21. The fourth-order valence-corrected chi connectivity index (χ4v) is 3.92. The summed E-state index contributed by atoms with van der Waals surface area (Å²) in [7, 11) is -3.16. The molecule has 2 aromatic carbocycles. The first-order valence-electron chi connectivity index (χ1n) is 7.19. The van der Waals surface area contributed by atoms with Crippen molar-refractivity contribution in [1.82, 2.24) is 5.32 Å². The Morgan fingerprint density at radius 3 is 2.38 bits per heavy atom. The van der Waals surface area contributed by atoms with Gasteiger partial charge in [0.1, 0.15) is 0 Å². The topological polar surface area (TPSA) is 66.5 Å². The van der Waals surface area contributed by atoms with E-state index in [0.717, 1.165) is 5.56 Å². The van der Waals surface area contributed by atoms with Gasteiger partial charge in [-0.1, -0.05) is 29.3 Å². The quantitative estimate of drug-likeness (QED) is 0.880. The molecule has 126 valence electrons. The van der Waals surface area contributed by atoms with Crippen LogP contribution in [0, 0.1) is 0 Å². The highest BCUT2D eigenvalue weighted by atomic mass is 35.5. The molecule has 1 heterocycles. The largest absolute Gasteiger partial charge is 0.348 e. The van der Waals surface area contributed by atoms with Gasteiger partial charge >= 0.3 is 0 Å². The van der Waals surface area contributed by atoms with Crippen molar-refractivity contribution in [2.24, 2.45) is 0 Å². The fourth-order valence-electron chi connectivity index (χ4n) is 2.34. The van der Waals surface area contributed by atoms with Gasteiger partial charge in [0.15, 0.2) is 0 Å². The normalized spacial score (nSPS) is 15.7. The predicted molar refractivity (Wildman–Crippen MR) is 95.2 cm³/mol. The SMILES string of the molecule is O=C(NCc1ccc(Cl)cc1Cl)c1ccc(N2CCS2(=O)=O)cc1. The molecule has 0 atom stereocenters. The zero-order valence-electron chi connectivity index (χ0n) is 12.5. The van der Waals surface area contributed by atoms with Gasteiger partial charge < -0.3 is 5.32 Å². The van der Waals surface area contributed by atoms with E-state index in [2.05, 4.69) is 5.32 Å². The molecular weight excluding hydrogens is 371 g/mol. The molecule has 24 heavy (non-hydrogen) atoms. The van der Waals surface area contributed by atoms with Crippen LogP contribution >= 0.6 is 23.2 Å². The maximum Gasteiger partial charge on any atom is 0.251 e. The highest BCUT2D eigenvalue weighted by Crippen LogP contribution is 2.25. The maximum atomic E-state index is 12.2. The van der Waals surface area contributed by atoms with Crippen LogP contribution < -0.4 is 9.62 Å². The Bertz CT molecular complexity index is 883. The first-order valence-corrected chi connectivity index (χ1v) is 9.56. The molecule has 1 fully saturated rings. The molecule has 0 unspecified atom stereocenters. The lowest BCUT2D eigenvalue weighted by Crippen LogP contribution is -2.47. The van der Waals surface area contributed by atoms with Crippen molar-refractivity contribution in [3.8, 4) is 0 Å². The molecule has 0 radical (unpaired) electrons. The van der Waals surface area contributed by atoms with Crippen LogP contribution in [0.15, 0.2) is 42.5 Å². The van der Waals surface area contributed by atoms with Crippen molar-refractivity contribution in [3.63, 3.8) is 0 Å². The number of nitrogens with one attached hydrogen (secondary N) is 1. The summed E-state index contributed by atoms with van der Waals surface area (Å²) in [5, 5.41) is 3.79. The lowest BCUT2D eigenvalue weighted by atomic mass is 10.1. The monoisotopic (exact) mass is 384 g/mol. The minimum atomic E-state index is -3.16. The molecule has 1 amide bonds. The molecule has 3 rings (SSSR count). The Kier molecular flexibility index (Phi) is 4.71. The summed E-state index contributed by atoms with van der Waals surface area (Å²) in [6.07, 6.45) is 0. The van der Waals surface area contributed by atoms with Gasteiger partial charge in [0, 0.05) is 28.7 Å². The molecule has 8 heteroatoms. The Morgan fingerprint density at radius 1 is 1.12 bits per heavy atom. The van der Waals surface area contributed by atoms with Crippen LogP contribution in [-0.2, 0) is 16.6 Å². The summed E-state index contributed by atoms with van der Waals surface area (Å²) in [6.45, 7) is 0.750. The standard InChI is InChI=1S/C16H14Cl2N2O3S/c17-13-4-1-12(15(18)9-13)10-19-16(21)11-2-5-14(6-3-11)20-7-8-24(20,22)23/h1-6,9H,7-8,10H2,(H,19,21). The third kappa shape index (κ3) is 3.50. The molecule has 1 saturated heterocycles. The van der Waals surface area contributed by atoms with Gasteiger partial charge in [-0.05, 0) is 42.0 Å². The van der Waals surface area contributed by atoms with Crippen molar-refractivity contribution in [2.45, 2.75) is 6.54 Å². The number of benzene rings is 2. The molecule has 1 aliphatic heterocycles. The zero-order chi connectivity index (χ0) is 17.3. The van der Waals surface area contributed by atoms with Crippen molar-refractivity contribution >= 4 is 44.8 Å². The number of carbonyl (C=O) groups is 1. The first kappa shape index (κ1) is 17.1. The van der Waals surface area contributed by atoms with Crippen molar-refractivity contribution in [1.29, 1.82) is 0 Å². The van der Waals surface area contributed by atoms with E-state index in [-0.39, 0.29) is 18.2 Å². The molecule has 1 aliphatic rings. The maximum absolute atomic E-state index is 12.2. The van der Waals surface area contributed by atoms with E-state index in [9.17, 15) is 13.2 Å². The highest BCUT2D eigenvalue weighted by molar-refractivity contribution is 7.94. The van der Waals surface area contributed by atoms with E-state index in [1.165, 1.54) is 4.31 Å². The van der Waals surface area contributed by atoms with E-state index < -0.39 is 10.0 Å². The summed E-state index contributed by atoms with van der Waals surface area (Å²) in [5.74, 6) is -0.101. The van der Waals surface area contributed by atoms with Crippen LogP contribution in [0.1, 0.15) is 15.9 Å². The minimum absolute atomic E-state index is 0.164. The molecule has 2 aromatic rings. The molecule has 5 nitrogen and oxygen atoms in total. The smallest absolute Gasteiger partial charge is 0.251 e. The summed E-state index contributed by atoms with van der Waals surface area (Å²) in [5.41, 5.74) is 1.78. The number of hydrogen-bond donors (Lipinski definition) is 1. The second kappa shape index (κ2) is 6.63. The molecule has 0 bridgehead atoms. The van der Waals surface area contributed by atoms with Crippen LogP contribution in [0.4, 0.5) is 5.69 Å². The van der Waals surface area contributed by atoms with E-state index in [1.54, 1.807) is 42.5 Å². The molecule has 0 saturated carbocycles. The van der Waals surface area contributed by atoms with Gasteiger partial charge in [-0.2, -0.15) is 0 Å². The lowest BCUT2D eigenvalue weighted by molar-refractivity contribution is 0.0951.